The number of nitrogens with one attached hydrogen (secondary N) is 2. The molecule has 2 aliphatic heterocycles. The van der Waals surface area contributed by atoms with Gasteiger partial charge < -0.3 is 20.1 Å². The van der Waals surface area contributed by atoms with Crippen molar-refractivity contribution in [2.24, 2.45) is 0 Å². The molecule has 1 atom stereocenters. The molecule has 1 unspecified atom stereocenters. The van der Waals surface area contributed by atoms with E-state index in [1.165, 1.54) is 36.0 Å². The summed E-state index contributed by atoms with van der Waals surface area (Å²) in [6.07, 6.45) is 12.2. The highest BCUT2D eigenvalue weighted by atomic mass is 16.5. The maximum atomic E-state index is 12.7. The fourth-order valence-electron chi connectivity index (χ4n) is 5.92. The number of benzene rings is 1. The predicted molar refractivity (Wildman–Crippen MR) is 156 cm³/mol. The van der Waals surface area contributed by atoms with E-state index >= 15 is 0 Å². The summed E-state index contributed by atoms with van der Waals surface area (Å²) in [5, 5.41) is 14.8. The van der Waals surface area contributed by atoms with E-state index in [0.717, 1.165) is 75.6 Å². The number of ether oxygens (including phenoxy) is 2. The minimum Gasteiger partial charge on any atom is -0.487 e. The minimum atomic E-state index is -0.0452. The second-order valence-electron chi connectivity index (χ2n) is 11.4. The third-order valence-electron chi connectivity index (χ3n) is 8.59. The van der Waals surface area contributed by atoms with E-state index in [0.29, 0.717) is 24.8 Å². The molecule has 2 aromatic heterocycles. The molecule has 1 saturated carbocycles. The lowest BCUT2D eigenvalue weighted by Gasteiger charge is -2.30. The Balaban J connectivity index is 0.961. The minimum absolute atomic E-state index is 0.0405. The zero-order valence-electron chi connectivity index (χ0n) is 24.0. The SMILES string of the molecule is Cc1c(OCc2cnnn2C2CCCCO2)ccc2c1CCN(CCCNC(=O)c1ccnc(NC3CCC3)c1)C2. The summed E-state index contributed by atoms with van der Waals surface area (Å²) in [5.74, 6) is 1.66. The topological polar surface area (TPSA) is 106 Å². The molecule has 6 rings (SSSR count). The third kappa shape index (κ3) is 6.70. The van der Waals surface area contributed by atoms with E-state index in [1.54, 1.807) is 18.5 Å². The van der Waals surface area contributed by atoms with Gasteiger partial charge in [-0.1, -0.05) is 11.3 Å². The quantitative estimate of drug-likeness (QED) is 0.333. The van der Waals surface area contributed by atoms with Gasteiger partial charge in [0, 0.05) is 50.6 Å². The summed E-state index contributed by atoms with van der Waals surface area (Å²) in [7, 11) is 0. The van der Waals surface area contributed by atoms with Gasteiger partial charge in [-0.05, 0) is 93.2 Å². The van der Waals surface area contributed by atoms with Crippen LogP contribution < -0.4 is 15.4 Å². The van der Waals surface area contributed by atoms with E-state index in [-0.39, 0.29) is 12.1 Å². The Kier molecular flexibility index (Phi) is 8.77. The molecule has 0 spiro atoms. The van der Waals surface area contributed by atoms with Crippen LogP contribution in [-0.4, -0.2) is 63.1 Å². The van der Waals surface area contributed by atoms with Gasteiger partial charge in [-0.25, -0.2) is 9.67 Å². The molecule has 3 aromatic rings. The van der Waals surface area contributed by atoms with Crippen LogP contribution >= 0.6 is 0 Å². The summed E-state index contributed by atoms with van der Waals surface area (Å²) < 4.78 is 14.0. The van der Waals surface area contributed by atoms with Crippen molar-refractivity contribution in [3.05, 3.63) is 64.6 Å². The number of anilines is 1. The van der Waals surface area contributed by atoms with Crippen LogP contribution in [0.3, 0.4) is 0 Å². The number of hydrogen-bond donors (Lipinski definition) is 2. The van der Waals surface area contributed by atoms with E-state index in [9.17, 15) is 4.79 Å². The van der Waals surface area contributed by atoms with Gasteiger partial charge in [0.25, 0.3) is 5.91 Å². The Bertz CT molecular complexity index is 1330. The number of hydrogen-bond acceptors (Lipinski definition) is 8. The van der Waals surface area contributed by atoms with Gasteiger partial charge in [-0.2, -0.15) is 0 Å². The number of carbonyl (C=O) groups excluding carboxylic acids is 1. The van der Waals surface area contributed by atoms with Gasteiger partial charge in [0.2, 0.25) is 0 Å². The standard InChI is InChI=1S/C31H41N7O3/c1-22-27-12-16-37(15-5-13-33-31(39)23-11-14-32-29(18-23)35-25-6-4-7-25)20-24(27)9-10-28(22)41-21-26-19-34-36-38(26)30-8-2-3-17-40-30/h9-11,14,18-19,25,30H,2-8,12-13,15-17,20-21H2,1H3,(H,32,35)(H,33,39). The van der Waals surface area contributed by atoms with Gasteiger partial charge in [0.05, 0.1) is 11.9 Å². The molecule has 2 N–H and O–H groups in total. The first kappa shape index (κ1) is 27.7. The van der Waals surface area contributed by atoms with Gasteiger partial charge in [0.1, 0.15) is 18.2 Å². The summed E-state index contributed by atoms with van der Waals surface area (Å²) in [4.78, 5) is 19.5. The number of aromatic nitrogens is 4. The van der Waals surface area contributed by atoms with Crippen LogP contribution in [0.5, 0.6) is 5.75 Å². The lowest BCUT2D eigenvalue weighted by molar-refractivity contribution is -0.0433. The van der Waals surface area contributed by atoms with E-state index < -0.39 is 0 Å². The van der Waals surface area contributed by atoms with Crippen LogP contribution in [0.25, 0.3) is 0 Å². The highest BCUT2D eigenvalue weighted by Gasteiger charge is 2.22. The molecule has 1 saturated heterocycles. The third-order valence-corrected chi connectivity index (χ3v) is 8.59. The van der Waals surface area contributed by atoms with Crippen LogP contribution in [0.15, 0.2) is 36.7 Å². The molecular formula is C31H41N7O3. The fraction of sp³-hybridized carbons (Fsp3) is 0.548. The molecule has 41 heavy (non-hydrogen) atoms. The normalized spacial score (nSPS) is 19.3. The van der Waals surface area contributed by atoms with Crippen LogP contribution in [0.1, 0.15) is 83.9 Å². The second-order valence-corrected chi connectivity index (χ2v) is 11.4. The molecule has 0 bridgehead atoms. The van der Waals surface area contributed by atoms with Crippen molar-refractivity contribution in [3.8, 4) is 5.75 Å². The monoisotopic (exact) mass is 559 g/mol. The van der Waals surface area contributed by atoms with Gasteiger partial charge >= 0.3 is 0 Å². The largest absolute Gasteiger partial charge is 0.487 e. The highest BCUT2D eigenvalue weighted by Crippen LogP contribution is 2.30. The lowest BCUT2D eigenvalue weighted by atomic mass is 9.93. The number of carbonyl (C=O) groups is 1. The van der Waals surface area contributed by atoms with Crippen molar-refractivity contribution in [3.63, 3.8) is 0 Å². The van der Waals surface area contributed by atoms with E-state index in [4.69, 9.17) is 9.47 Å². The molecule has 1 amide bonds. The van der Waals surface area contributed by atoms with Crippen LogP contribution in [0.2, 0.25) is 0 Å². The Morgan fingerprint density at radius 1 is 1.17 bits per heavy atom. The molecule has 218 valence electrons. The average molecular weight is 560 g/mol. The summed E-state index contributed by atoms with van der Waals surface area (Å²) >= 11 is 0. The first-order chi connectivity index (χ1) is 20.1. The van der Waals surface area contributed by atoms with Gasteiger partial charge in [-0.3, -0.25) is 9.69 Å². The molecular weight excluding hydrogens is 518 g/mol. The summed E-state index contributed by atoms with van der Waals surface area (Å²) in [6, 6.07) is 8.41. The predicted octanol–water partition coefficient (Wildman–Crippen LogP) is 4.40. The van der Waals surface area contributed by atoms with E-state index in [2.05, 4.69) is 49.9 Å². The zero-order chi connectivity index (χ0) is 28.0. The Hall–Kier alpha value is -3.50. The van der Waals surface area contributed by atoms with Gasteiger partial charge in [0.15, 0.2) is 6.23 Å². The Morgan fingerprint density at radius 2 is 2.10 bits per heavy atom. The first-order valence-corrected chi connectivity index (χ1v) is 15.1. The number of fused-ring (bicyclic) bond motifs is 1. The lowest BCUT2D eigenvalue weighted by Crippen LogP contribution is -2.34. The molecule has 1 aromatic carbocycles. The Labute approximate surface area is 241 Å². The molecule has 4 heterocycles. The Morgan fingerprint density at radius 3 is 2.93 bits per heavy atom. The van der Waals surface area contributed by atoms with Crippen LogP contribution in [0.4, 0.5) is 5.82 Å². The van der Waals surface area contributed by atoms with Crippen molar-refractivity contribution in [2.45, 2.75) is 83.7 Å². The number of amides is 1. The number of rotatable bonds is 11. The van der Waals surface area contributed by atoms with Crippen molar-refractivity contribution < 1.29 is 14.3 Å². The molecule has 2 fully saturated rings. The molecule has 3 aliphatic rings. The maximum absolute atomic E-state index is 12.7. The van der Waals surface area contributed by atoms with Crippen molar-refractivity contribution in [1.29, 1.82) is 0 Å². The highest BCUT2D eigenvalue weighted by molar-refractivity contribution is 5.94. The average Bonchev–Trinajstić information content (AvgIpc) is 3.46. The van der Waals surface area contributed by atoms with Crippen LogP contribution in [0, 0.1) is 6.92 Å². The summed E-state index contributed by atoms with van der Waals surface area (Å²) in [6.45, 7) is 6.86. The maximum Gasteiger partial charge on any atom is 0.251 e. The van der Waals surface area contributed by atoms with Crippen molar-refractivity contribution in [2.75, 3.05) is 31.6 Å². The van der Waals surface area contributed by atoms with E-state index in [1.807, 2.05) is 10.7 Å². The van der Waals surface area contributed by atoms with Crippen LogP contribution in [-0.2, 0) is 24.3 Å². The first-order valence-electron chi connectivity index (χ1n) is 15.1. The molecule has 1 aliphatic carbocycles. The van der Waals surface area contributed by atoms with Crippen molar-refractivity contribution in [1.82, 2.24) is 30.2 Å². The fourth-order valence-corrected chi connectivity index (χ4v) is 5.92. The second kappa shape index (κ2) is 13.0. The van der Waals surface area contributed by atoms with Crippen molar-refractivity contribution >= 4 is 11.7 Å². The summed E-state index contributed by atoms with van der Waals surface area (Å²) in [5.41, 5.74) is 5.55. The smallest absolute Gasteiger partial charge is 0.251 e. The number of pyridine rings is 1. The molecule has 0 radical (unpaired) electrons. The number of nitrogens with zero attached hydrogens (tertiary/aromatic N) is 5. The van der Waals surface area contributed by atoms with Gasteiger partial charge in [-0.15, -0.1) is 5.10 Å². The molecule has 10 nitrogen and oxygen atoms in total. The molecule has 10 heteroatoms. The zero-order valence-corrected chi connectivity index (χ0v) is 24.0.